The first-order valence-electron chi connectivity index (χ1n) is 5.56. The van der Waals surface area contributed by atoms with Crippen molar-refractivity contribution in [2.75, 3.05) is 5.32 Å². The molecule has 0 saturated carbocycles. The summed E-state index contributed by atoms with van der Waals surface area (Å²) in [6, 6.07) is 16.3. The zero-order valence-electron chi connectivity index (χ0n) is 9.39. The van der Waals surface area contributed by atoms with E-state index in [2.05, 4.69) is 35.6 Å². The second-order valence-electron chi connectivity index (χ2n) is 4.05. The van der Waals surface area contributed by atoms with E-state index >= 15 is 0 Å². The molecular weight excluding hydrogens is 282 g/mol. The van der Waals surface area contributed by atoms with Crippen molar-refractivity contribution in [3.63, 3.8) is 0 Å². The first-order valence-corrected chi connectivity index (χ1v) is 7.22. The third-order valence-electron chi connectivity index (χ3n) is 2.86. The molecule has 0 saturated heterocycles. The molecular formula is C14H10ClNS2. The zero-order valence-corrected chi connectivity index (χ0v) is 11.8. The van der Waals surface area contributed by atoms with Crippen molar-refractivity contribution in [2.24, 2.45) is 0 Å². The predicted octanol–water partition coefficient (Wildman–Crippen LogP) is 4.87. The Balaban J connectivity index is 2.10. The van der Waals surface area contributed by atoms with E-state index in [1.807, 2.05) is 18.2 Å². The molecule has 2 aromatic rings. The summed E-state index contributed by atoms with van der Waals surface area (Å²) in [6.07, 6.45) is 0. The SMILES string of the molecule is S=C1Nc2cc(Cl)ccc2C(c2ccccc2)S1. The Bertz CT molecular complexity index is 598. The van der Waals surface area contributed by atoms with E-state index in [1.54, 1.807) is 11.8 Å². The van der Waals surface area contributed by atoms with Crippen molar-refractivity contribution in [2.45, 2.75) is 5.25 Å². The minimum atomic E-state index is 0.243. The maximum atomic E-state index is 6.03. The summed E-state index contributed by atoms with van der Waals surface area (Å²) in [4.78, 5) is 0. The van der Waals surface area contributed by atoms with E-state index in [9.17, 15) is 0 Å². The Morgan fingerprint density at radius 1 is 1.11 bits per heavy atom. The lowest BCUT2D eigenvalue weighted by molar-refractivity contribution is 1.16. The topological polar surface area (TPSA) is 12.0 Å². The van der Waals surface area contributed by atoms with Crippen molar-refractivity contribution in [1.82, 2.24) is 0 Å². The third kappa shape index (κ3) is 2.26. The lowest BCUT2D eigenvalue weighted by Gasteiger charge is -2.27. The maximum absolute atomic E-state index is 6.03. The zero-order chi connectivity index (χ0) is 12.5. The fraction of sp³-hybridized carbons (Fsp3) is 0.0714. The average Bonchev–Trinajstić information content (AvgIpc) is 2.38. The molecule has 1 atom stereocenters. The summed E-state index contributed by atoms with van der Waals surface area (Å²) >= 11 is 13.0. The van der Waals surface area contributed by atoms with Gasteiger partial charge in [0.2, 0.25) is 0 Å². The van der Waals surface area contributed by atoms with Crippen LogP contribution < -0.4 is 5.32 Å². The lowest BCUT2D eigenvalue weighted by Crippen LogP contribution is -2.16. The van der Waals surface area contributed by atoms with Crippen LogP contribution in [-0.2, 0) is 0 Å². The van der Waals surface area contributed by atoms with Gasteiger partial charge >= 0.3 is 0 Å². The van der Waals surface area contributed by atoms with Gasteiger partial charge < -0.3 is 5.32 Å². The van der Waals surface area contributed by atoms with Gasteiger partial charge in [-0.15, -0.1) is 0 Å². The van der Waals surface area contributed by atoms with Crippen LogP contribution in [0.15, 0.2) is 48.5 Å². The number of anilines is 1. The third-order valence-corrected chi connectivity index (χ3v) is 4.57. The number of rotatable bonds is 1. The van der Waals surface area contributed by atoms with Crippen LogP contribution in [-0.4, -0.2) is 4.32 Å². The van der Waals surface area contributed by atoms with Gasteiger partial charge in [-0.2, -0.15) is 0 Å². The molecule has 1 aliphatic heterocycles. The van der Waals surface area contributed by atoms with E-state index in [1.165, 1.54) is 11.1 Å². The van der Waals surface area contributed by atoms with Gasteiger partial charge in [0.25, 0.3) is 0 Å². The molecule has 1 unspecified atom stereocenters. The molecule has 3 rings (SSSR count). The van der Waals surface area contributed by atoms with Crippen LogP contribution in [0.3, 0.4) is 0 Å². The largest absolute Gasteiger partial charge is 0.341 e. The minimum Gasteiger partial charge on any atom is -0.341 e. The van der Waals surface area contributed by atoms with Crippen LogP contribution in [0.25, 0.3) is 0 Å². The smallest absolute Gasteiger partial charge is 0.139 e. The van der Waals surface area contributed by atoms with Crippen LogP contribution in [0.2, 0.25) is 5.02 Å². The Kier molecular flexibility index (Phi) is 3.29. The second-order valence-corrected chi connectivity index (χ2v) is 6.27. The monoisotopic (exact) mass is 291 g/mol. The molecule has 0 spiro atoms. The molecule has 1 aliphatic rings. The molecule has 1 nitrogen and oxygen atoms in total. The standard InChI is InChI=1S/C14H10ClNS2/c15-10-6-7-11-12(8-10)16-14(17)18-13(11)9-4-2-1-3-5-9/h1-8,13H,(H,16,17). The molecule has 4 heteroatoms. The van der Waals surface area contributed by atoms with E-state index in [4.69, 9.17) is 23.8 Å². The fourth-order valence-electron chi connectivity index (χ4n) is 2.05. The number of halogens is 1. The van der Waals surface area contributed by atoms with Crippen molar-refractivity contribution in [3.05, 3.63) is 64.7 Å². The number of hydrogen-bond donors (Lipinski definition) is 1. The summed E-state index contributed by atoms with van der Waals surface area (Å²) in [5.74, 6) is 0. The molecule has 0 aliphatic carbocycles. The molecule has 2 aromatic carbocycles. The van der Waals surface area contributed by atoms with Gasteiger partial charge in [-0.3, -0.25) is 0 Å². The van der Waals surface area contributed by atoms with Crippen LogP contribution in [0, 0.1) is 0 Å². The van der Waals surface area contributed by atoms with Gasteiger partial charge in [-0.05, 0) is 23.3 Å². The average molecular weight is 292 g/mol. The van der Waals surface area contributed by atoms with Gasteiger partial charge in [0.1, 0.15) is 4.32 Å². The molecule has 1 N–H and O–H groups in total. The first kappa shape index (κ1) is 12.0. The molecule has 90 valence electrons. The van der Waals surface area contributed by atoms with Gasteiger partial charge in [-0.1, -0.05) is 72.0 Å². The summed E-state index contributed by atoms with van der Waals surface area (Å²) in [7, 11) is 0. The highest BCUT2D eigenvalue weighted by molar-refractivity contribution is 8.23. The second kappa shape index (κ2) is 4.92. The Morgan fingerprint density at radius 3 is 2.67 bits per heavy atom. The highest BCUT2D eigenvalue weighted by Crippen LogP contribution is 2.44. The Hall–Kier alpha value is -1.03. The molecule has 1 heterocycles. The minimum absolute atomic E-state index is 0.243. The van der Waals surface area contributed by atoms with Gasteiger partial charge in [0.05, 0.1) is 5.25 Å². The van der Waals surface area contributed by atoms with Crippen molar-refractivity contribution in [1.29, 1.82) is 0 Å². The number of fused-ring (bicyclic) bond motifs is 1. The molecule has 0 aromatic heterocycles. The number of benzene rings is 2. The molecule has 0 fully saturated rings. The Morgan fingerprint density at radius 2 is 1.89 bits per heavy atom. The Labute approximate surface area is 121 Å². The molecule has 0 radical (unpaired) electrons. The summed E-state index contributed by atoms with van der Waals surface area (Å²) in [6.45, 7) is 0. The number of nitrogens with one attached hydrogen (secondary N) is 1. The van der Waals surface area contributed by atoms with Crippen molar-refractivity contribution >= 4 is 45.6 Å². The van der Waals surface area contributed by atoms with Crippen LogP contribution >= 0.6 is 35.6 Å². The first-order chi connectivity index (χ1) is 8.74. The van der Waals surface area contributed by atoms with Crippen molar-refractivity contribution < 1.29 is 0 Å². The summed E-state index contributed by atoms with van der Waals surface area (Å²) in [5.41, 5.74) is 3.50. The van der Waals surface area contributed by atoms with Gasteiger partial charge in [0.15, 0.2) is 0 Å². The van der Waals surface area contributed by atoms with Crippen molar-refractivity contribution in [3.8, 4) is 0 Å². The van der Waals surface area contributed by atoms with Gasteiger partial charge in [0, 0.05) is 10.7 Å². The molecule has 0 amide bonds. The van der Waals surface area contributed by atoms with E-state index in [0.717, 1.165) is 15.0 Å². The lowest BCUT2D eigenvalue weighted by atomic mass is 10.0. The van der Waals surface area contributed by atoms with Crippen LogP contribution in [0.5, 0.6) is 0 Å². The van der Waals surface area contributed by atoms with E-state index < -0.39 is 0 Å². The van der Waals surface area contributed by atoms with Gasteiger partial charge in [-0.25, -0.2) is 0 Å². The number of thioether (sulfide) groups is 1. The highest BCUT2D eigenvalue weighted by atomic mass is 35.5. The van der Waals surface area contributed by atoms with E-state index in [0.29, 0.717) is 0 Å². The maximum Gasteiger partial charge on any atom is 0.139 e. The quantitative estimate of drug-likeness (QED) is 0.753. The summed E-state index contributed by atoms with van der Waals surface area (Å²) in [5, 5.41) is 4.18. The highest BCUT2D eigenvalue weighted by Gasteiger charge is 2.25. The van der Waals surface area contributed by atoms with E-state index in [-0.39, 0.29) is 5.25 Å². The molecule has 18 heavy (non-hydrogen) atoms. The number of thiocarbonyl (C=S) groups is 1. The fourth-order valence-corrected chi connectivity index (χ4v) is 3.63. The van der Waals surface area contributed by atoms with Crippen LogP contribution in [0.4, 0.5) is 5.69 Å². The predicted molar refractivity (Wildman–Crippen MR) is 83.5 cm³/mol. The molecule has 0 bridgehead atoms. The normalized spacial score (nSPS) is 18.1. The number of hydrogen-bond acceptors (Lipinski definition) is 2. The van der Waals surface area contributed by atoms with Crippen LogP contribution in [0.1, 0.15) is 16.4 Å². The summed E-state index contributed by atoms with van der Waals surface area (Å²) < 4.78 is 0.790.